The highest BCUT2D eigenvalue weighted by Crippen LogP contribution is 2.33. The number of para-hydroxylation sites is 2. The van der Waals surface area contributed by atoms with Crippen LogP contribution in [0.1, 0.15) is 23.1 Å². The molecule has 168 valence electrons. The molecule has 0 bridgehead atoms. The summed E-state index contributed by atoms with van der Waals surface area (Å²) in [7, 11) is 0. The molecular weight excluding hydrogens is 416 g/mol. The number of phenols is 1. The van der Waals surface area contributed by atoms with Crippen molar-refractivity contribution in [1.82, 2.24) is 0 Å². The van der Waals surface area contributed by atoms with Gasteiger partial charge in [0.25, 0.3) is 0 Å². The summed E-state index contributed by atoms with van der Waals surface area (Å²) in [4.78, 5) is 0. The Hall–Kier alpha value is -4.30. The molecule has 0 aliphatic carbocycles. The van der Waals surface area contributed by atoms with Crippen molar-refractivity contribution in [2.75, 3.05) is 0 Å². The molecule has 0 saturated carbocycles. The fourth-order valence-electron chi connectivity index (χ4n) is 3.60. The molecule has 34 heavy (non-hydrogen) atoms. The normalized spacial score (nSPS) is 12.0. The SMILES string of the molecule is Oc1ccccc1OC(/C=C/c1ccccc1)(/C=C/c1ccccc1)C/C=C/c1ccccc1. The fourth-order valence-corrected chi connectivity index (χ4v) is 3.60. The van der Waals surface area contributed by atoms with Crippen LogP contribution in [0.5, 0.6) is 11.5 Å². The molecule has 4 aromatic carbocycles. The van der Waals surface area contributed by atoms with Crippen molar-refractivity contribution in [3.05, 3.63) is 150 Å². The minimum atomic E-state index is -0.824. The zero-order valence-corrected chi connectivity index (χ0v) is 19.0. The van der Waals surface area contributed by atoms with Crippen LogP contribution in [0.15, 0.2) is 133 Å². The maximum absolute atomic E-state index is 10.5. The Morgan fingerprint density at radius 1 is 0.559 bits per heavy atom. The zero-order valence-electron chi connectivity index (χ0n) is 19.0. The fraction of sp³-hybridized carbons (Fsp3) is 0.0625. The van der Waals surface area contributed by atoms with E-state index in [0.29, 0.717) is 12.2 Å². The van der Waals surface area contributed by atoms with E-state index in [4.69, 9.17) is 4.74 Å². The molecule has 4 aromatic rings. The molecule has 0 fully saturated rings. The summed E-state index contributed by atoms with van der Waals surface area (Å²) >= 11 is 0. The molecule has 4 rings (SSSR count). The van der Waals surface area contributed by atoms with Gasteiger partial charge in [0.05, 0.1) is 0 Å². The monoisotopic (exact) mass is 444 g/mol. The van der Waals surface area contributed by atoms with Gasteiger partial charge in [0.1, 0.15) is 5.60 Å². The van der Waals surface area contributed by atoms with Crippen LogP contribution in [0.3, 0.4) is 0 Å². The van der Waals surface area contributed by atoms with Crippen LogP contribution < -0.4 is 4.74 Å². The van der Waals surface area contributed by atoms with Crippen molar-refractivity contribution in [3.8, 4) is 11.5 Å². The number of phenolic OH excluding ortho intramolecular Hbond substituents is 1. The van der Waals surface area contributed by atoms with Crippen LogP contribution >= 0.6 is 0 Å². The highest BCUT2D eigenvalue weighted by molar-refractivity contribution is 5.57. The molecule has 0 amide bonds. The Balaban J connectivity index is 1.74. The quantitative estimate of drug-likeness (QED) is 0.283. The summed E-state index contributed by atoms with van der Waals surface area (Å²) in [5, 5.41) is 10.5. The first-order valence-corrected chi connectivity index (χ1v) is 11.4. The lowest BCUT2D eigenvalue weighted by Crippen LogP contribution is -2.31. The highest BCUT2D eigenvalue weighted by Gasteiger charge is 2.26. The molecule has 0 saturated heterocycles. The number of benzene rings is 4. The lowest BCUT2D eigenvalue weighted by atomic mass is 9.94. The van der Waals surface area contributed by atoms with Crippen LogP contribution in [0.25, 0.3) is 18.2 Å². The minimum Gasteiger partial charge on any atom is -0.504 e. The second kappa shape index (κ2) is 11.5. The van der Waals surface area contributed by atoms with Gasteiger partial charge in [-0.05, 0) is 41.0 Å². The van der Waals surface area contributed by atoms with Crippen LogP contribution in [-0.4, -0.2) is 10.7 Å². The first kappa shape index (κ1) is 22.9. The average molecular weight is 445 g/mol. The maximum atomic E-state index is 10.5. The van der Waals surface area contributed by atoms with Crippen LogP contribution in [0.2, 0.25) is 0 Å². The Bertz CT molecular complexity index is 1190. The van der Waals surface area contributed by atoms with Crippen molar-refractivity contribution in [3.63, 3.8) is 0 Å². The van der Waals surface area contributed by atoms with Crippen molar-refractivity contribution in [2.45, 2.75) is 12.0 Å². The molecule has 0 radical (unpaired) electrons. The smallest absolute Gasteiger partial charge is 0.162 e. The lowest BCUT2D eigenvalue weighted by Gasteiger charge is -2.28. The Morgan fingerprint density at radius 2 is 1.00 bits per heavy atom. The van der Waals surface area contributed by atoms with Gasteiger partial charge in [-0.15, -0.1) is 0 Å². The van der Waals surface area contributed by atoms with Crippen molar-refractivity contribution in [2.24, 2.45) is 0 Å². The summed E-state index contributed by atoms with van der Waals surface area (Å²) in [5.74, 6) is 0.547. The van der Waals surface area contributed by atoms with E-state index in [1.54, 1.807) is 18.2 Å². The standard InChI is InChI=1S/C32H28O2/c33-30-20-10-11-21-31(30)34-32(25-22-28-15-6-2-7-16-28,26-23-29-17-8-3-9-18-29)24-12-19-27-13-4-1-5-14-27/h1-23,25-26,33H,24H2/b19-12+,25-22+,26-23+. The molecular formula is C32H28O2. The number of rotatable bonds is 9. The number of aromatic hydroxyl groups is 1. The summed E-state index contributed by atoms with van der Waals surface area (Å²) in [5.41, 5.74) is 2.45. The van der Waals surface area contributed by atoms with Gasteiger partial charge in [0, 0.05) is 6.42 Å². The lowest BCUT2D eigenvalue weighted by molar-refractivity contribution is 0.170. The molecule has 1 N–H and O–H groups in total. The molecule has 0 aliphatic heterocycles. The molecule has 2 heteroatoms. The van der Waals surface area contributed by atoms with Gasteiger partial charge in [0.2, 0.25) is 0 Å². The third-order valence-electron chi connectivity index (χ3n) is 5.43. The summed E-state index contributed by atoms with van der Waals surface area (Å²) in [6.45, 7) is 0. The van der Waals surface area contributed by atoms with Gasteiger partial charge in [-0.3, -0.25) is 0 Å². The molecule has 0 unspecified atom stereocenters. The van der Waals surface area contributed by atoms with Crippen molar-refractivity contribution >= 4 is 18.2 Å². The Kier molecular flexibility index (Phi) is 7.76. The Morgan fingerprint density at radius 3 is 1.50 bits per heavy atom. The molecule has 0 atom stereocenters. The van der Waals surface area contributed by atoms with E-state index in [0.717, 1.165) is 16.7 Å². The second-order valence-electron chi connectivity index (χ2n) is 8.03. The van der Waals surface area contributed by atoms with Crippen LogP contribution in [0, 0.1) is 0 Å². The molecule has 0 aromatic heterocycles. The van der Waals surface area contributed by atoms with E-state index >= 15 is 0 Å². The Labute approximate surface area is 201 Å². The van der Waals surface area contributed by atoms with Crippen molar-refractivity contribution < 1.29 is 9.84 Å². The van der Waals surface area contributed by atoms with Gasteiger partial charge in [-0.25, -0.2) is 0 Å². The van der Waals surface area contributed by atoms with E-state index in [1.807, 2.05) is 60.7 Å². The van der Waals surface area contributed by atoms with Gasteiger partial charge >= 0.3 is 0 Å². The number of hydrogen-bond acceptors (Lipinski definition) is 2. The van der Waals surface area contributed by atoms with E-state index < -0.39 is 5.60 Å². The summed E-state index contributed by atoms with van der Waals surface area (Å²) < 4.78 is 6.54. The first-order chi connectivity index (χ1) is 16.7. The minimum absolute atomic E-state index is 0.111. The van der Waals surface area contributed by atoms with Gasteiger partial charge in [-0.1, -0.05) is 127 Å². The third kappa shape index (κ3) is 6.60. The molecule has 0 spiro atoms. The number of hydrogen-bond donors (Lipinski definition) is 1. The highest BCUT2D eigenvalue weighted by atomic mass is 16.5. The maximum Gasteiger partial charge on any atom is 0.162 e. The molecule has 2 nitrogen and oxygen atoms in total. The zero-order chi connectivity index (χ0) is 23.5. The van der Waals surface area contributed by atoms with Gasteiger partial charge in [-0.2, -0.15) is 0 Å². The van der Waals surface area contributed by atoms with Crippen molar-refractivity contribution in [1.29, 1.82) is 0 Å². The van der Waals surface area contributed by atoms with E-state index in [-0.39, 0.29) is 5.75 Å². The van der Waals surface area contributed by atoms with E-state index in [1.165, 1.54) is 0 Å². The van der Waals surface area contributed by atoms with E-state index in [2.05, 4.69) is 72.9 Å². The summed E-state index contributed by atoms with van der Waals surface area (Å²) in [6, 6.07) is 37.6. The molecule has 0 aliphatic rings. The van der Waals surface area contributed by atoms with Gasteiger partial charge in [0.15, 0.2) is 11.5 Å². The molecule has 0 heterocycles. The van der Waals surface area contributed by atoms with Gasteiger partial charge < -0.3 is 9.84 Å². The largest absolute Gasteiger partial charge is 0.504 e. The van der Waals surface area contributed by atoms with Crippen LogP contribution in [0.4, 0.5) is 0 Å². The third-order valence-corrected chi connectivity index (χ3v) is 5.43. The second-order valence-corrected chi connectivity index (χ2v) is 8.03. The predicted octanol–water partition coefficient (Wildman–Crippen LogP) is 8.04. The number of ether oxygens (including phenoxy) is 1. The first-order valence-electron chi connectivity index (χ1n) is 11.4. The van der Waals surface area contributed by atoms with E-state index in [9.17, 15) is 5.11 Å². The average Bonchev–Trinajstić information content (AvgIpc) is 2.89. The topological polar surface area (TPSA) is 29.5 Å². The summed E-state index contributed by atoms with van der Waals surface area (Å²) in [6.07, 6.45) is 13.0. The predicted molar refractivity (Wildman–Crippen MR) is 143 cm³/mol. The van der Waals surface area contributed by atoms with Crippen LogP contribution in [-0.2, 0) is 0 Å².